The molecule has 1 aromatic heterocycles. The summed E-state index contributed by atoms with van der Waals surface area (Å²) >= 11 is 0. The first-order chi connectivity index (χ1) is 60.5. The highest BCUT2D eigenvalue weighted by Crippen LogP contribution is 2.57. The summed E-state index contributed by atoms with van der Waals surface area (Å²) in [6, 6.07) is 97.9. The quantitative estimate of drug-likeness (QED) is 0.113. The summed E-state index contributed by atoms with van der Waals surface area (Å²) < 4.78 is 87.3. The Bertz CT molecular complexity index is 6950. The number of aromatic nitrogens is 1. The number of benzene rings is 15. The van der Waals surface area contributed by atoms with E-state index in [4.69, 9.17) is 4.11 Å². The van der Waals surface area contributed by atoms with E-state index in [1.54, 1.807) is 4.90 Å². The fourth-order valence-corrected chi connectivity index (χ4v) is 17.7. The highest BCUT2D eigenvalue weighted by molar-refractivity contribution is 7.00. The van der Waals surface area contributed by atoms with Crippen molar-refractivity contribution in [2.45, 2.75) is 157 Å². The second-order valence-corrected chi connectivity index (χ2v) is 38.9. The van der Waals surface area contributed by atoms with Crippen LogP contribution in [0.1, 0.15) is 170 Å². The third kappa shape index (κ3) is 14.3. The Balaban J connectivity index is 1.05. The summed E-state index contributed by atoms with van der Waals surface area (Å²) in [7, 11) is 0. The molecular formula is C114H109BN4. The van der Waals surface area contributed by atoms with Gasteiger partial charge in [-0.25, -0.2) is 0 Å². The Kier molecular flexibility index (Phi) is 16.6. The second-order valence-electron chi connectivity index (χ2n) is 38.9. The molecule has 0 unspecified atom stereocenters. The molecule has 2 aliphatic rings. The van der Waals surface area contributed by atoms with Crippen molar-refractivity contribution in [1.82, 2.24) is 4.57 Å². The van der Waals surface area contributed by atoms with Crippen LogP contribution in [0.2, 0.25) is 0 Å². The Morgan fingerprint density at radius 3 is 1.05 bits per heavy atom. The molecule has 2 aliphatic heterocycles. The lowest BCUT2D eigenvalue weighted by atomic mass is 9.33. The van der Waals surface area contributed by atoms with E-state index < -0.39 is 49.0 Å². The minimum atomic E-state index is -0.526. The average molecular weight is 1560 g/mol. The summed E-state index contributed by atoms with van der Waals surface area (Å²) in [6.45, 7) is 41.1. The number of para-hydroxylation sites is 3. The molecule has 0 atom stereocenters. The van der Waals surface area contributed by atoms with Crippen LogP contribution in [0.15, 0.2) is 333 Å². The Hall–Kier alpha value is -12.4. The van der Waals surface area contributed by atoms with Crippen LogP contribution in [0.5, 0.6) is 0 Å². The molecule has 0 bridgehead atoms. The Morgan fingerprint density at radius 2 is 0.622 bits per heavy atom. The van der Waals surface area contributed by atoms with Crippen molar-refractivity contribution in [2.24, 2.45) is 0 Å². The molecule has 0 aliphatic carbocycles. The van der Waals surface area contributed by atoms with E-state index in [9.17, 15) is 8.22 Å². The molecule has 0 amide bonds. The van der Waals surface area contributed by atoms with Crippen molar-refractivity contribution < 1.29 is 12.3 Å². The molecule has 0 N–H and O–H groups in total. The van der Waals surface area contributed by atoms with E-state index in [-0.39, 0.29) is 61.2 Å². The third-order valence-corrected chi connectivity index (χ3v) is 24.4. The number of anilines is 9. The van der Waals surface area contributed by atoms with Crippen LogP contribution in [-0.2, 0) is 32.5 Å². The first kappa shape index (κ1) is 67.6. The highest BCUT2D eigenvalue weighted by Gasteiger charge is 2.47. The predicted molar refractivity (Wildman–Crippen MR) is 514 cm³/mol. The molecule has 5 heteroatoms. The van der Waals surface area contributed by atoms with Gasteiger partial charge >= 0.3 is 0 Å². The number of hydrogen-bond donors (Lipinski definition) is 0. The van der Waals surface area contributed by atoms with Crippen molar-refractivity contribution in [3.05, 3.63) is 367 Å². The van der Waals surface area contributed by atoms with Crippen molar-refractivity contribution >= 4 is 96.1 Å². The van der Waals surface area contributed by atoms with E-state index in [1.165, 1.54) is 27.8 Å². The maximum Gasteiger partial charge on any atom is 0.252 e. The summed E-state index contributed by atoms with van der Waals surface area (Å²) in [4.78, 5) is 6.88. The molecule has 3 heterocycles. The molecule has 4 nitrogen and oxygen atoms in total. The zero-order valence-corrected chi connectivity index (χ0v) is 71.9. The molecule has 0 spiro atoms. The lowest BCUT2D eigenvalue weighted by Crippen LogP contribution is -2.61. The summed E-state index contributed by atoms with van der Waals surface area (Å²) in [5.41, 5.74) is 29.3. The van der Waals surface area contributed by atoms with E-state index in [2.05, 4.69) is 365 Å². The highest BCUT2D eigenvalue weighted by atomic mass is 15.2. The molecule has 16 aromatic rings. The van der Waals surface area contributed by atoms with Gasteiger partial charge in [0.05, 0.1) is 34.7 Å². The fraction of sp³-hybridized carbons (Fsp3) is 0.211. The predicted octanol–water partition coefficient (Wildman–Crippen LogP) is 30.1. The monoisotopic (exact) mass is 1550 g/mol. The second kappa shape index (κ2) is 29.3. The topological polar surface area (TPSA) is 14.7 Å². The van der Waals surface area contributed by atoms with E-state index >= 15 is 0 Å². The van der Waals surface area contributed by atoms with Gasteiger partial charge in [0.15, 0.2) is 0 Å². The van der Waals surface area contributed by atoms with Crippen LogP contribution in [0.25, 0.3) is 94.3 Å². The molecule has 0 fully saturated rings. The normalized spacial score (nSPS) is 14.1. The van der Waals surface area contributed by atoms with Crippen molar-refractivity contribution in [1.29, 1.82) is 0 Å². The fourth-order valence-electron chi connectivity index (χ4n) is 17.7. The maximum atomic E-state index is 10.3. The smallest absolute Gasteiger partial charge is 0.252 e. The van der Waals surface area contributed by atoms with Crippen molar-refractivity contribution in [3.63, 3.8) is 0 Å². The van der Waals surface area contributed by atoms with Crippen molar-refractivity contribution in [3.8, 4) is 72.4 Å². The number of fused-ring (bicyclic) bond motifs is 7. The van der Waals surface area contributed by atoms with Gasteiger partial charge in [0.25, 0.3) is 6.71 Å². The molecule has 18 rings (SSSR count). The van der Waals surface area contributed by atoms with Gasteiger partial charge < -0.3 is 19.3 Å². The van der Waals surface area contributed by atoms with Crippen LogP contribution in [-0.4, -0.2) is 11.3 Å². The third-order valence-electron chi connectivity index (χ3n) is 24.4. The van der Waals surface area contributed by atoms with Gasteiger partial charge in [-0.15, -0.1) is 0 Å². The molecular weight excluding hydrogens is 1440 g/mol. The van der Waals surface area contributed by atoms with Crippen LogP contribution in [0.3, 0.4) is 0 Å². The van der Waals surface area contributed by atoms with E-state index in [1.807, 2.05) is 53.1 Å². The maximum absolute atomic E-state index is 10.3. The van der Waals surface area contributed by atoms with E-state index in [0.29, 0.717) is 28.0 Å². The molecule has 0 radical (unpaired) electrons. The zero-order valence-electron chi connectivity index (χ0n) is 80.9. The summed E-state index contributed by atoms with van der Waals surface area (Å²) in [5, 5.41) is 0.702. The summed E-state index contributed by atoms with van der Waals surface area (Å²) in [5.74, 6) is 0. The van der Waals surface area contributed by atoms with Gasteiger partial charge in [-0.3, -0.25) is 0 Å². The molecule has 588 valence electrons. The van der Waals surface area contributed by atoms with Crippen LogP contribution in [0, 0.1) is 0 Å². The van der Waals surface area contributed by atoms with Gasteiger partial charge in [-0.2, -0.15) is 0 Å². The molecule has 0 saturated heterocycles. The number of hydrogen-bond acceptors (Lipinski definition) is 3. The standard InChI is InChI=1S/C114H109BN4/c1-109(2,3)82-59-79(60-83(66-82)110(4,5)6)78-53-56-98-102(63-78)118(107-93(74-39-25-19-26-40-74)68-86(113(13,14)15)69-94(107)75-41-27-20-28-42-75)104-64-81(80-61-84(111(7,8)9)67-85(62-80)112(10,11)12)65-105-106(104)115(98)99-57-54-91(73-103(99)119(105)108-95(76-43-29-21-30-44-76)70-87(114(16,17)18)71-96(108)77-45-31-22-32-46-77)117-100-52-38-37-51-92(100)97-72-90(55-58-101(97)117)116(88-47-33-23-34-48-88)89-49-35-24-36-50-89/h19-73H,1-18H3/i23D,33D,34D,37D,38D,47D,48D,51D,52D. The zero-order chi connectivity index (χ0) is 90.8. The number of rotatable bonds is 12. The largest absolute Gasteiger partial charge is 0.310 e. The SMILES string of the molecule is [2H]c1c([2H])c([2H])c(N(c2ccccc2)c2ccc3c(c2)c2c([2H])c([2H])c([2H])c([2H])c2n3-c2ccc3c(c2)N(c2c(-c4ccccc4)cc(C(C)(C)C)cc2-c2ccccc2)c2cc(-c4cc(C(C)(C)C)cc(C(C)(C)C)c4)cc4c2B3c2ccc(-c3cc(C(C)(C)C)cc(C(C)(C)C)c3)cc2N4c2c(-c3ccccc3)cc(C(C)(C)C)cc2-c2ccccc2)c([2H])c1[2H]. The summed E-state index contributed by atoms with van der Waals surface area (Å²) in [6.07, 6.45) is 0. The van der Waals surface area contributed by atoms with Gasteiger partial charge in [-0.05, 0) is 230 Å². The lowest BCUT2D eigenvalue weighted by Gasteiger charge is -2.46. The molecule has 15 aromatic carbocycles. The van der Waals surface area contributed by atoms with Crippen LogP contribution in [0.4, 0.5) is 51.2 Å². The van der Waals surface area contributed by atoms with Gasteiger partial charge in [0.2, 0.25) is 0 Å². The Labute approximate surface area is 719 Å². The van der Waals surface area contributed by atoms with Gasteiger partial charge in [0, 0.05) is 78.5 Å². The van der Waals surface area contributed by atoms with E-state index in [0.717, 1.165) is 123 Å². The van der Waals surface area contributed by atoms with Crippen molar-refractivity contribution in [2.75, 3.05) is 14.7 Å². The van der Waals surface area contributed by atoms with Crippen LogP contribution >= 0.6 is 0 Å². The first-order valence-corrected chi connectivity index (χ1v) is 42.0. The van der Waals surface area contributed by atoms with Gasteiger partial charge in [0.1, 0.15) is 0 Å². The molecule has 119 heavy (non-hydrogen) atoms. The van der Waals surface area contributed by atoms with Gasteiger partial charge in [-0.1, -0.05) is 355 Å². The lowest BCUT2D eigenvalue weighted by molar-refractivity contribution is 0.568. The first-order valence-electron chi connectivity index (χ1n) is 46.5. The minimum absolute atomic E-state index is 0.0786. The average Bonchev–Trinajstić information content (AvgIpc) is 0.722. The molecule has 0 saturated carbocycles. The van der Waals surface area contributed by atoms with Crippen LogP contribution < -0.4 is 31.1 Å². The number of nitrogens with zero attached hydrogens (tertiary/aromatic N) is 4. The minimum Gasteiger partial charge on any atom is -0.310 e. The Morgan fingerprint density at radius 1 is 0.261 bits per heavy atom.